The van der Waals surface area contributed by atoms with Crippen molar-refractivity contribution in [1.29, 1.82) is 0 Å². The van der Waals surface area contributed by atoms with E-state index in [0.717, 1.165) is 23.5 Å². The lowest BCUT2D eigenvalue weighted by atomic mass is 10.3. The number of aryl methyl sites for hydroxylation is 3. The fourth-order valence-corrected chi connectivity index (χ4v) is 2.60. The Morgan fingerprint density at radius 2 is 2.21 bits per heavy atom. The van der Waals surface area contributed by atoms with Gasteiger partial charge in [-0.05, 0) is 13.3 Å². The molecule has 0 fully saturated rings. The molecule has 0 aliphatic rings. The molecule has 0 saturated heterocycles. The maximum atomic E-state index is 10.7. The molecule has 0 saturated carbocycles. The van der Waals surface area contributed by atoms with Crippen LogP contribution in [-0.2, 0) is 18.3 Å². The van der Waals surface area contributed by atoms with Crippen molar-refractivity contribution in [2.75, 3.05) is 5.75 Å². The van der Waals surface area contributed by atoms with Crippen molar-refractivity contribution in [2.24, 2.45) is 7.05 Å². The molecule has 0 atom stereocenters. The molecule has 0 amide bonds. The van der Waals surface area contributed by atoms with E-state index < -0.39 is 5.97 Å². The SMILES string of the molecule is CCc1nn(C)cc1-n1cc(C)nc1SCC(=O)O. The molecule has 19 heavy (non-hydrogen) atoms. The highest BCUT2D eigenvalue weighted by Crippen LogP contribution is 2.24. The van der Waals surface area contributed by atoms with E-state index >= 15 is 0 Å². The Balaban J connectivity index is 2.40. The molecule has 0 aliphatic heterocycles. The first-order valence-electron chi connectivity index (χ1n) is 5.94. The minimum atomic E-state index is -0.848. The third-order valence-corrected chi connectivity index (χ3v) is 3.53. The molecular weight excluding hydrogens is 264 g/mol. The molecule has 0 bridgehead atoms. The number of nitrogens with zero attached hydrogens (tertiary/aromatic N) is 4. The van der Waals surface area contributed by atoms with Crippen molar-refractivity contribution in [1.82, 2.24) is 19.3 Å². The Labute approximate surface area is 115 Å². The first kappa shape index (κ1) is 13.7. The molecule has 2 aromatic heterocycles. The van der Waals surface area contributed by atoms with Gasteiger partial charge in [-0.15, -0.1) is 0 Å². The third-order valence-electron chi connectivity index (χ3n) is 2.60. The van der Waals surface area contributed by atoms with E-state index in [4.69, 9.17) is 5.11 Å². The number of carboxylic acids is 1. The maximum absolute atomic E-state index is 10.7. The Hall–Kier alpha value is -1.76. The highest BCUT2D eigenvalue weighted by atomic mass is 32.2. The van der Waals surface area contributed by atoms with Gasteiger partial charge in [0.15, 0.2) is 5.16 Å². The van der Waals surface area contributed by atoms with Gasteiger partial charge in [-0.1, -0.05) is 18.7 Å². The molecule has 1 N–H and O–H groups in total. The minimum absolute atomic E-state index is 0.00181. The van der Waals surface area contributed by atoms with Crippen molar-refractivity contribution in [2.45, 2.75) is 25.4 Å². The van der Waals surface area contributed by atoms with Crippen LogP contribution in [0.25, 0.3) is 5.69 Å². The summed E-state index contributed by atoms with van der Waals surface area (Å²) in [6.45, 7) is 3.93. The molecule has 0 aromatic carbocycles. The van der Waals surface area contributed by atoms with E-state index in [1.807, 2.05) is 37.9 Å². The smallest absolute Gasteiger partial charge is 0.313 e. The van der Waals surface area contributed by atoms with Crippen molar-refractivity contribution >= 4 is 17.7 Å². The lowest BCUT2D eigenvalue weighted by Gasteiger charge is -2.05. The van der Waals surface area contributed by atoms with Gasteiger partial charge in [-0.2, -0.15) is 5.10 Å². The molecular formula is C12H16N4O2S. The molecule has 7 heteroatoms. The van der Waals surface area contributed by atoms with Gasteiger partial charge in [-0.3, -0.25) is 14.0 Å². The summed E-state index contributed by atoms with van der Waals surface area (Å²) in [5, 5.41) is 13.9. The summed E-state index contributed by atoms with van der Waals surface area (Å²) < 4.78 is 3.67. The molecule has 6 nitrogen and oxygen atoms in total. The molecule has 0 radical (unpaired) electrons. The van der Waals surface area contributed by atoms with E-state index in [9.17, 15) is 4.79 Å². The Kier molecular flexibility index (Phi) is 3.94. The number of rotatable bonds is 5. The Bertz CT molecular complexity index is 603. The number of aliphatic carboxylic acids is 1. The van der Waals surface area contributed by atoms with Gasteiger partial charge in [0.25, 0.3) is 0 Å². The molecule has 0 unspecified atom stereocenters. The highest BCUT2D eigenvalue weighted by molar-refractivity contribution is 7.99. The predicted molar refractivity (Wildman–Crippen MR) is 72.8 cm³/mol. The van der Waals surface area contributed by atoms with Gasteiger partial charge in [0.1, 0.15) is 0 Å². The predicted octanol–water partition coefficient (Wildman–Crippen LogP) is 1.65. The van der Waals surface area contributed by atoms with Crippen LogP contribution in [-0.4, -0.2) is 36.2 Å². The zero-order chi connectivity index (χ0) is 14.0. The first-order valence-corrected chi connectivity index (χ1v) is 6.93. The maximum Gasteiger partial charge on any atom is 0.313 e. The summed E-state index contributed by atoms with van der Waals surface area (Å²) in [7, 11) is 1.87. The van der Waals surface area contributed by atoms with Crippen molar-refractivity contribution in [3.05, 3.63) is 23.8 Å². The third kappa shape index (κ3) is 2.98. The van der Waals surface area contributed by atoms with Gasteiger partial charge in [0.05, 0.1) is 22.8 Å². The number of carbonyl (C=O) groups is 1. The monoisotopic (exact) mass is 280 g/mol. The summed E-state index contributed by atoms with van der Waals surface area (Å²) in [4.78, 5) is 15.0. The van der Waals surface area contributed by atoms with Crippen LogP contribution in [0.2, 0.25) is 0 Å². The summed E-state index contributed by atoms with van der Waals surface area (Å²) in [5.41, 5.74) is 2.79. The standard InChI is InChI=1S/C12H16N4O2S/c1-4-9-10(6-15(3)14-9)16-5-8(2)13-12(16)19-7-11(17)18/h5-6H,4,7H2,1-3H3,(H,17,18). The molecule has 102 valence electrons. The lowest BCUT2D eigenvalue weighted by Crippen LogP contribution is -2.02. The largest absolute Gasteiger partial charge is 0.481 e. The topological polar surface area (TPSA) is 72.9 Å². The summed E-state index contributed by atoms with van der Waals surface area (Å²) in [5.74, 6) is -0.850. The molecule has 2 aromatic rings. The highest BCUT2D eigenvalue weighted by Gasteiger charge is 2.14. The Morgan fingerprint density at radius 1 is 1.47 bits per heavy atom. The van der Waals surface area contributed by atoms with E-state index in [1.165, 1.54) is 11.8 Å². The minimum Gasteiger partial charge on any atom is -0.481 e. The fraction of sp³-hybridized carbons (Fsp3) is 0.417. The normalized spacial score (nSPS) is 10.9. The molecule has 0 aliphatic carbocycles. The van der Waals surface area contributed by atoms with Crippen LogP contribution >= 0.6 is 11.8 Å². The number of hydrogen-bond donors (Lipinski definition) is 1. The van der Waals surface area contributed by atoms with Crippen LogP contribution in [0.3, 0.4) is 0 Å². The van der Waals surface area contributed by atoms with Crippen LogP contribution in [0, 0.1) is 6.92 Å². The van der Waals surface area contributed by atoms with E-state index in [-0.39, 0.29) is 5.75 Å². The molecule has 0 spiro atoms. The first-order chi connectivity index (χ1) is 9.01. The second kappa shape index (κ2) is 5.48. The summed E-state index contributed by atoms with van der Waals surface area (Å²) in [6, 6.07) is 0. The van der Waals surface area contributed by atoms with Gasteiger partial charge in [0, 0.05) is 19.4 Å². The lowest BCUT2D eigenvalue weighted by molar-refractivity contribution is -0.133. The molecule has 2 heterocycles. The quantitative estimate of drug-likeness (QED) is 0.843. The summed E-state index contributed by atoms with van der Waals surface area (Å²) >= 11 is 1.21. The van der Waals surface area contributed by atoms with Crippen LogP contribution in [0.5, 0.6) is 0 Å². The number of hydrogen-bond acceptors (Lipinski definition) is 4. The Morgan fingerprint density at radius 3 is 2.84 bits per heavy atom. The average Bonchev–Trinajstić information content (AvgIpc) is 2.89. The fourth-order valence-electron chi connectivity index (χ4n) is 1.85. The number of imidazole rings is 1. The van der Waals surface area contributed by atoms with Gasteiger partial charge >= 0.3 is 5.97 Å². The van der Waals surface area contributed by atoms with Crippen LogP contribution in [0.1, 0.15) is 18.3 Å². The van der Waals surface area contributed by atoms with Crippen LogP contribution < -0.4 is 0 Å². The zero-order valence-electron chi connectivity index (χ0n) is 11.1. The van der Waals surface area contributed by atoms with Gasteiger partial charge in [0.2, 0.25) is 0 Å². The number of aromatic nitrogens is 4. The van der Waals surface area contributed by atoms with Gasteiger partial charge < -0.3 is 5.11 Å². The van der Waals surface area contributed by atoms with Gasteiger partial charge in [-0.25, -0.2) is 4.98 Å². The van der Waals surface area contributed by atoms with E-state index in [0.29, 0.717) is 5.16 Å². The van der Waals surface area contributed by atoms with Crippen molar-refractivity contribution < 1.29 is 9.90 Å². The summed E-state index contributed by atoms with van der Waals surface area (Å²) in [6.07, 6.45) is 4.64. The number of thioether (sulfide) groups is 1. The second-order valence-corrected chi connectivity index (χ2v) is 5.15. The zero-order valence-corrected chi connectivity index (χ0v) is 11.9. The van der Waals surface area contributed by atoms with Crippen LogP contribution in [0.4, 0.5) is 0 Å². The second-order valence-electron chi connectivity index (χ2n) is 4.21. The molecule has 2 rings (SSSR count). The number of carboxylic acid groups (broad SMARTS) is 1. The van der Waals surface area contributed by atoms with E-state index in [1.54, 1.807) is 4.68 Å². The van der Waals surface area contributed by atoms with Crippen molar-refractivity contribution in [3.8, 4) is 5.69 Å². The van der Waals surface area contributed by atoms with Crippen molar-refractivity contribution in [3.63, 3.8) is 0 Å². The van der Waals surface area contributed by atoms with Crippen LogP contribution in [0.15, 0.2) is 17.6 Å². The average molecular weight is 280 g/mol. The van der Waals surface area contributed by atoms with E-state index in [2.05, 4.69) is 10.1 Å².